The van der Waals surface area contributed by atoms with Crippen LogP contribution in [0.25, 0.3) is 11.1 Å². The van der Waals surface area contributed by atoms with Crippen molar-refractivity contribution in [3.63, 3.8) is 0 Å². The van der Waals surface area contributed by atoms with Crippen LogP contribution in [0.1, 0.15) is 37.3 Å². The molecule has 21 heavy (non-hydrogen) atoms. The molecule has 0 aromatic heterocycles. The molecule has 2 heteroatoms. The molecule has 2 aromatic rings. The Bertz CT molecular complexity index is 560. The van der Waals surface area contributed by atoms with Crippen molar-refractivity contribution in [1.82, 2.24) is 0 Å². The molecule has 2 rings (SSSR count). The van der Waals surface area contributed by atoms with Crippen LogP contribution in [0.3, 0.4) is 0 Å². The summed E-state index contributed by atoms with van der Waals surface area (Å²) in [6, 6.07) is 13.5. The normalized spacial score (nSPS) is 10.8. The first-order chi connectivity index (χ1) is 10.2. The lowest BCUT2D eigenvalue weighted by molar-refractivity contribution is 0.184. The van der Waals surface area contributed by atoms with Gasteiger partial charge >= 0.3 is 0 Å². The molecule has 0 heterocycles. The largest absolute Gasteiger partial charge is 0.380 e. The third-order valence-electron chi connectivity index (χ3n) is 3.68. The minimum atomic E-state index is -0.191. The molecule has 0 unspecified atom stereocenters. The zero-order valence-corrected chi connectivity index (χ0v) is 12.9. The fourth-order valence-electron chi connectivity index (χ4n) is 2.48. The monoisotopic (exact) mass is 286 g/mol. The second-order valence-corrected chi connectivity index (χ2v) is 5.40. The number of aryl methyl sites for hydroxylation is 1. The molecule has 112 valence electrons. The average Bonchev–Trinajstić information content (AvgIpc) is 2.49. The maximum absolute atomic E-state index is 14.2. The molecule has 0 saturated heterocycles. The number of rotatable bonds is 7. The third-order valence-corrected chi connectivity index (χ3v) is 3.68. The Balaban J connectivity index is 2.11. The smallest absolute Gasteiger partial charge is 0.131 e. The van der Waals surface area contributed by atoms with E-state index in [-0.39, 0.29) is 5.82 Å². The summed E-state index contributed by atoms with van der Waals surface area (Å²) < 4.78 is 19.2. The third kappa shape index (κ3) is 4.40. The van der Waals surface area contributed by atoms with Gasteiger partial charge in [-0.05, 0) is 35.6 Å². The SMILES string of the molecule is CCCCCc1ccc(-c2ccc(COC)cc2F)cc1. The van der Waals surface area contributed by atoms with E-state index in [4.69, 9.17) is 4.74 Å². The van der Waals surface area contributed by atoms with E-state index in [0.29, 0.717) is 12.2 Å². The molecular weight excluding hydrogens is 263 g/mol. The Kier molecular flexibility index (Phi) is 5.94. The molecule has 0 atom stereocenters. The predicted octanol–water partition coefficient (Wildman–Crippen LogP) is 5.37. The van der Waals surface area contributed by atoms with Gasteiger partial charge in [-0.1, -0.05) is 56.2 Å². The number of unbranched alkanes of at least 4 members (excludes halogenated alkanes) is 2. The van der Waals surface area contributed by atoms with Gasteiger partial charge in [0.2, 0.25) is 0 Å². The van der Waals surface area contributed by atoms with E-state index in [0.717, 1.165) is 17.5 Å². The molecule has 0 aliphatic rings. The van der Waals surface area contributed by atoms with Crippen LogP contribution in [0.5, 0.6) is 0 Å². The van der Waals surface area contributed by atoms with Crippen molar-refractivity contribution in [3.8, 4) is 11.1 Å². The highest BCUT2D eigenvalue weighted by Gasteiger charge is 2.06. The first-order valence-corrected chi connectivity index (χ1v) is 7.61. The van der Waals surface area contributed by atoms with E-state index in [2.05, 4.69) is 19.1 Å². The van der Waals surface area contributed by atoms with E-state index in [1.807, 2.05) is 24.3 Å². The molecule has 0 aliphatic heterocycles. The Morgan fingerprint density at radius 1 is 0.952 bits per heavy atom. The minimum absolute atomic E-state index is 0.191. The highest BCUT2D eigenvalue weighted by Crippen LogP contribution is 2.24. The van der Waals surface area contributed by atoms with Crippen molar-refractivity contribution in [2.75, 3.05) is 7.11 Å². The Labute approximate surface area is 126 Å². The Hall–Kier alpha value is -1.67. The van der Waals surface area contributed by atoms with Crippen molar-refractivity contribution < 1.29 is 9.13 Å². The molecular formula is C19H23FO. The number of ether oxygens (including phenoxy) is 1. The van der Waals surface area contributed by atoms with Gasteiger partial charge < -0.3 is 4.74 Å². The van der Waals surface area contributed by atoms with Gasteiger partial charge in [-0.2, -0.15) is 0 Å². The molecule has 0 saturated carbocycles. The first kappa shape index (κ1) is 15.7. The van der Waals surface area contributed by atoms with Crippen LogP contribution in [0.4, 0.5) is 4.39 Å². The zero-order chi connectivity index (χ0) is 15.1. The quantitative estimate of drug-likeness (QED) is 0.622. The van der Waals surface area contributed by atoms with Crippen molar-refractivity contribution in [2.45, 2.75) is 39.2 Å². The van der Waals surface area contributed by atoms with Crippen LogP contribution in [0, 0.1) is 5.82 Å². The highest BCUT2D eigenvalue weighted by molar-refractivity contribution is 5.64. The standard InChI is InChI=1S/C19H23FO/c1-3-4-5-6-15-7-10-17(11-8-15)18-12-9-16(14-21-2)13-19(18)20/h7-13H,3-6,14H2,1-2H3. The van der Waals surface area contributed by atoms with E-state index >= 15 is 0 Å². The second-order valence-electron chi connectivity index (χ2n) is 5.40. The lowest BCUT2D eigenvalue weighted by Crippen LogP contribution is -1.92. The van der Waals surface area contributed by atoms with Gasteiger partial charge in [0, 0.05) is 12.7 Å². The minimum Gasteiger partial charge on any atom is -0.380 e. The fraction of sp³-hybridized carbons (Fsp3) is 0.368. The predicted molar refractivity (Wildman–Crippen MR) is 85.8 cm³/mol. The van der Waals surface area contributed by atoms with E-state index < -0.39 is 0 Å². The average molecular weight is 286 g/mol. The zero-order valence-electron chi connectivity index (χ0n) is 12.9. The summed E-state index contributed by atoms with van der Waals surface area (Å²) in [4.78, 5) is 0. The highest BCUT2D eigenvalue weighted by atomic mass is 19.1. The van der Waals surface area contributed by atoms with Crippen LogP contribution in [0.15, 0.2) is 42.5 Å². The maximum atomic E-state index is 14.2. The number of methoxy groups -OCH3 is 1. The first-order valence-electron chi connectivity index (χ1n) is 7.61. The lowest BCUT2D eigenvalue weighted by atomic mass is 10.00. The summed E-state index contributed by atoms with van der Waals surface area (Å²) in [6.07, 6.45) is 4.81. The summed E-state index contributed by atoms with van der Waals surface area (Å²) in [5.74, 6) is -0.191. The van der Waals surface area contributed by atoms with Gasteiger partial charge in [0.25, 0.3) is 0 Å². The summed E-state index contributed by atoms with van der Waals surface area (Å²) in [5, 5.41) is 0. The van der Waals surface area contributed by atoms with Gasteiger partial charge in [-0.3, -0.25) is 0 Å². The number of benzene rings is 2. The lowest BCUT2D eigenvalue weighted by Gasteiger charge is -2.07. The number of hydrogen-bond donors (Lipinski definition) is 0. The van der Waals surface area contributed by atoms with Crippen molar-refractivity contribution >= 4 is 0 Å². The molecule has 0 fully saturated rings. The maximum Gasteiger partial charge on any atom is 0.131 e. The summed E-state index contributed by atoms with van der Waals surface area (Å²) in [5.41, 5.74) is 3.75. The summed E-state index contributed by atoms with van der Waals surface area (Å²) in [7, 11) is 1.61. The van der Waals surface area contributed by atoms with E-state index in [1.54, 1.807) is 13.2 Å². The molecule has 0 amide bonds. The van der Waals surface area contributed by atoms with Gasteiger partial charge in [0.05, 0.1) is 6.61 Å². The van der Waals surface area contributed by atoms with Crippen LogP contribution in [0.2, 0.25) is 0 Å². The molecule has 0 radical (unpaired) electrons. The Morgan fingerprint density at radius 2 is 1.67 bits per heavy atom. The van der Waals surface area contributed by atoms with Crippen LogP contribution < -0.4 is 0 Å². The van der Waals surface area contributed by atoms with Gasteiger partial charge in [-0.15, -0.1) is 0 Å². The van der Waals surface area contributed by atoms with Crippen molar-refractivity contribution in [3.05, 3.63) is 59.4 Å². The van der Waals surface area contributed by atoms with Gasteiger partial charge in [0.1, 0.15) is 5.82 Å². The van der Waals surface area contributed by atoms with E-state index in [1.165, 1.54) is 24.8 Å². The number of hydrogen-bond acceptors (Lipinski definition) is 1. The van der Waals surface area contributed by atoms with Crippen LogP contribution >= 0.6 is 0 Å². The molecule has 0 aliphatic carbocycles. The summed E-state index contributed by atoms with van der Waals surface area (Å²) in [6.45, 7) is 2.65. The molecule has 1 nitrogen and oxygen atoms in total. The molecule has 0 N–H and O–H groups in total. The number of halogens is 1. The van der Waals surface area contributed by atoms with Crippen LogP contribution in [-0.2, 0) is 17.8 Å². The van der Waals surface area contributed by atoms with Crippen LogP contribution in [-0.4, -0.2) is 7.11 Å². The van der Waals surface area contributed by atoms with Gasteiger partial charge in [0.15, 0.2) is 0 Å². The molecule has 0 bridgehead atoms. The Morgan fingerprint density at radius 3 is 2.29 bits per heavy atom. The molecule has 2 aromatic carbocycles. The summed E-state index contributed by atoms with van der Waals surface area (Å²) >= 11 is 0. The van der Waals surface area contributed by atoms with Crippen molar-refractivity contribution in [1.29, 1.82) is 0 Å². The fourth-order valence-corrected chi connectivity index (χ4v) is 2.48. The topological polar surface area (TPSA) is 9.23 Å². The van der Waals surface area contributed by atoms with Crippen molar-refractivity contribution in [2.24, 2.45) is 0 Å². The van der Waals surface area contributed by atoms with Gasteiger partial charge in [-0.25, -0.2) is 4.39 Å². The van der Waals surface area contributed by atoms with E-state index in [9.17, 15) is 4.39 Å². The second kappa shape index (κ2) is 7.94. The molecule has 0 spiro atoms.